The maximum Gasteiger partial charge on any atom is 0.363 e. The van der Waals surface area contributed by atoms with Crippen molar-refractivity contribution in [3.8, 4) is 0 Å². The molecular formula is C22H27NO2S. The monoisotopic (exact) mass is 369 g/mol. The number of allylic oxidation sites excluding steroid dienone is 3. The first kappa shape index (κ1) is 20.2. The first-order valence-corrected chi connectivity index (χ1v) is 9.98. The third-order valence-corrected chi connectivity index (χ3v) is 4.93. The summed E-state index contributed by atoms with van der Waals surface area (Å²) in [5.41, 5.74) is 2.60. The summed E-state index contributed by atoms with van der Waals surface area (Å²) in [4.78, 5) is 17.7. The zero-order valence-electron chi connectivity index (χ0n) is 16.4. The summed E-state index contributed by atoms with van der Waals surface area (Å²) in [5, 5.41) is 0. The van der Waals surface area contributed by atoms with Gasteiger partial charge in [-0.3, -0.25) is 0 Å². The van der Waals surface area contributed by atoms with Crippen LogP contribution in [0.1, 0.15) is 40.2 Å². The Hall–Kier alpha value is -2.07. The van der Waals surface area contributed by atoms with Gasteiger partial charge in [-0.05, 0) is 47.9 Å². The molecule has 2 rings (SSSR count). The lowest BCUT2D eigenvalue weighted by Crippen LogP contribution is -2.12. The van der Waals surface area contributed by atoms with Gasteiger partial charge in [0.2, 0.25) is 5.90 Å². The van der Waals surface area contributed by atoms with Crippen LogP contribution in [0, 0.1) is 11.3 Å². The fraction of sp³-hybridized carbons (Fsp3) is 0.364. The number of nitrogens with zero attached hydrogens (tertiary/aromatic N) is 1. The summed E-state index contributed by atoms with van der Waals surface area (Å²) >= 11 is 1.68. The molecule has 0 fully saturated rings. The molecule has 1 aromatic carbocycles. The molecule has 0 aliphatic carbocycles. The molecule has 0 saturated carbocycles. The Bertz CT molecular complexity index is 777. The number of aliphatic imine (C=N–C) groups is 1. The zero-order valence-corrected chi connectivity index (χ0v) is 17.2. The van der Waals surface area contributed by atoms with E-state index in [1.165, 1.54) is 10.5 Å². The van der Waals surface area contributed by atoms with E-state index >= 15 is 0 Å². The summed E-state index contributed by atoms with van der Waals surface area (Å²) in [6.45, 7) is 10.5. The van der Waals surface area contributed by atoms with Gasteiger partial charge in [-0.1, -0.05) is 58.1 Å². The van der Waals surface area contributed by atoms with E-state index < -0.39 is 5.97 Å². The number of carbonyl (C=O) groups excluding carboxylic acids is 1. The van der Waals surface area contributed by atoms with Crippen LogP contribution in [0.15, 0.2) is 63.7 Å². The number of thioether (sulfide) groups is 1. The standard InChI is InChI=1S/C22H27NO2S/c1-7-17(22(3,4)5)11-8-15(2)20-23-19(21(24)25-20)14-16-9-12-18(26-6)13-10-16/h7-15H,1-6H3/b11-8-,17-7+,19-14+. The average molecular weight is 370 g/mol. The summed E-state index contributed by atoms with van der Waals surface area (Å²) in [7, 11) is 0. The van der Waals surface area contributed by atoms with Gasteiger partial charge in [0.15, 0.2) is 5.70 Å². The molecule has 0 bridgehead atoms. The van der Waals surface area contributed by atoms with Gasteiger partial charge in [0.25, 0.3) is 0 Å². The number of ether oxygens (including phenoxy) is 1. The van der Waals surface area contributed by atoms with Crippen LogP contribution in [0.25, 0.3) is 6.08 Å². The van der Waals surface area contributed by atoms with Crippen molar-refractivity contribution in [2.45, 2.75) is 39.5 Å². The van der Waals surface area contributed by atoms with E-state index in [-0.39, 0.29) is 11.3 Å². The molecule has 1 unspecified atom stereocenters. The van der Waals surface area contributed by atoms with Crippen molar-refractivity contribution in [2.75, 3.05) is 6.26 Å². The lowest BCUT2D eigenvalue weighted by molar-refractivity contribution is -0.130. The van der Waals surface area contributed by atoms with Crippen molar-refractivity contribution in [1.82, 2.24) is 0 Å². The molecule has 1 aromatic rings. The Labute approximate surface area is 160 Å². The molecule has 1 atom stereocenters. The van der Waals surface area contributed by atoms with Gasteiger partial charge in [-0.25, -0.2) is 9.79 Å². The van der Waals surface area contributed by atoms with Crippen molar-refractivity contribution < 1.29 is 9.53 Å². The highest BCUT2D eigenvalue weighted by Gasteiger charge is 2.26. The molecule has 1 aliphatic rings. The summed E-state index contributed by atoms with van der Waals surface area (Å²) in [6, 6.07) is 8.01. The SMILES string of the molecule is C/C=C(\C=C/C(C)C1=N/C(=C/c2ccc(SC)cc2)C(=O)O1)C(C)(C)C. The second kappa shape index (κ2) is 8.54. The summed E-state index contributed by atoms with van der Waals surface area (Å²) < 4.78 is 5.37. The highest BCUT2D eigenvalue weighted by atomic mass is 32.2. The molecular weight excluding hydrogens is 342 g/mol. The predicted octanol–water partition coefficient (Wildman–Crippen LogP) is 5.89. The van der Waals surface area contributed by atoms with Crippen LogP contribution in [0.3, 0.4) is 0 Å². The molecule has 0 aromatic heterocycles. The van der Waals surface area contributed by atoms with E-state index in [1.807, 2.05) is 50.4 Å². The van der Waals surface area contributed by atoms with Crippen LogP contribution >= 0.6 is 11.8 Å². The number of carbonyl (C=O) groups is 1. The van der Waals surface area contributed by atoms with Crippen LogP contribution in [-0.2, 0) is 9.53 Å². The molecule has 0 radical (unpaired) electrons. The van der Waals surface area contributed by atoms with Crippen molar-refractivity contribution >= 4 is 29.7 Å². The molecule has 0 N–H and O–H groups in total. The second-order valence-corrected chi connectivity index (χ2v) is 8.16. The van der Waals surface area contributed by atoms with Crippen LogP contribution in [0.2, 0.25) is 0 Å². The van der Waals surface area contributed by atoms with Crippen molar-refractivity contribution in [1.29, 1.82) is 0 Å². The van der Waals surface area contributed by atoms with Crippen molar-refractivity contribution in [3.05, 3.63) is 59.3 Å². The largest absolute Gasteiger partial charge is 0.406 e. The Kier molecular flexibility index (Phi) is 6.65. The number of cyclic esters (lactones) is 1. The van der Waals surface area contributed by atoms with Crippen LogP contribution < -0.4 is 0 Å². The number of hydrogen-bond acceptors (Lipinski definition) is 4. The van der Waals surface area contributed by atoms with Crippen LogP contribution in [-0.4, -0.2) is 18.1 Å². The Morgan fingerprint density at radius 2 is 1.88 bits per heavy atom. The van der Waals surface area contributed by atoms with E-state index in [4.69, 9.17) is 4.74 Å². The lowest BCUT2D eigenvalue weighted by atomic mass is 9.85. The minimum absolute atomic E-state index is 0.0685. The molecule has 4 heteroatoms. The maximum absolute atomic E-state index is 12.1. The van der Waals surface area contributed by atoms with Gasteiger partial charge in [-0.15, -0.1) is 11.8 Å². The number of hydrogen-bond donors (Lipinski definition) is 0. The summed E-state index contributed by atoms with van der Waals surface area (Å²) in [6.07, 6.45) is 10.0. The number of benzene rings is 1. The third-order valence-electron chi connectivity index (χ3n) is 4.19. The fourth-order valence-corrected chi connectivity index (χ4v) is 3.00. The molecule has 138 valence electrons. The predicted molar refractivity (Wildman–Crippen MR) is 111 cm³/mol. The van der Waals surface area contributed by atoms with Gasteiger partial charge in [-0.2, -0.15) is 0 Å². The van der Waals surface area contributed by atoms with Gasteiger partial charge >= 0.3 is 5.97 Å². The first-order chi connectivity index (χ1) is 12.2. The molecule has 0 amide bonds. The normalized spacial score (nSPS) is 18.4. The van der Waals surface area contributed by atoms with Gasteiger partial charge in [0, 0.05) is 4.90 Å². The van der Waals surface area contributed by atoms with E-state index in [0.717, 1.165) is 5.56 Å². The molecule has 0 saturated heterocycles. The zero-order chi connectivity index (χ0) is 19.3. The second-order valence-electron chi connectivity index (χ2n) is 7.28. The van der Waals surface area contributed by atoms with Crippen molar-refractivity contribution in [3.63, 3.8) is 0 Å². The van der Waals surface area contributed by atoms with E-state index in [1.54, 1.807) is 17.8 Å². The third kappa shape index (κ3) is 5.21. The Morgan fingerprint density at radius 1 is 1.23 bits per heavy atom. The minimum Gasteiger partial charge on any atom is -0.406 e. The molecule has 1 aliphatic heterocycles. The van der Waals surface area contributed by atoms with Gasteiger partial charge in [0.05, 0.1) is 5.92 Å². The molecule has 3 nitrogen and oxygen atoms in total. The topological polar surface area (TPSA) is 38.7 Å². The highest BCUT2D eigenvalue weighted by molar-refractivity contribution is 7.98. The van der Waals surface area contributed by atoms with Gasteiger partial charge < -0.3 is 4.74 Å². The average Bonchev–Trinajstić information content (AvgIpc) is 2.95. The summed E-state index contributed by atoms with van der Waals surface area (Å²) in [5.74, 6) is -0.0140. The first-order valence-electron chi connectivity index (χ1n) is 8.76. The van der Waals surface area contributed by atoms with E-state index in [2.05, 4.69) is 37.9 Å². The van der Waals surface area contributed by atoms with Crippen molar-refractivity contribution in [2.24, 2.45) is 16.3 Å². The van der Waals surface area contributed by atoms with Crippen LogP contribution in [0.4, 0.5) is 0 Å². The smallest absolute Gasteiger partial charge is 0.363 e. The Morgan fingerprint density at radius 3 is 2.42 bits per heavy atom. The fourth-order valence-electron chi connectivity index (χ4n) is 2.59. The van der Waals surface area contributed by atoms with Gasteiger partial charge in [0.1, 0.15) is 0 Å². The number of rotatable bonds is 5. The maximum atomic E-state index is 12.1. The van der Waals surface area contributed by atoms with E-state index in [0.29, 0.717) is 11.6 Å². The quantitative estimate of drug-likeness (QED) is 0.281. The highest BCUT2D eigenvalue weighted by Crippen LogP contribution is 2.27. The van der Waals surface area contributed by atoms with Crippen LogP contribution in [0.5, 0.6) is 0 Å². The minimum atomic E-state index is -0.392. The molecule has 26 heavy (non-hydrogen) atoms. The lowest BCUT2D eigenvalue weighted by Gasteiger charge is -2.20. The Balaban J connectivity index is 2.16. The number of esters is 1. The van der Waals surface area contributed by atoms with E-state index in [9.17, 15) is 4.79 Å². The molecule has 0 spiro atoms. The molecule has 1 heterocycles.